The minimum atomic E-state index is -0.255. The van der Waals surface area contributed by atoms with Crippen molar-refractivity contribution in [3.63, 3.8) is 0 Å². The van der Waals surface area contributed by atoms with Crippen molar-refractivity contribution in [2.75, 3.05) is 0 Å². The normalized spacial score (nSPS) is 13.0. The number of phenols is 1. The summed E-state index contributed by atoms with van der Waals surface area (Å²) in [6, 6.07) is 13.1. The van der Waals surface area contributed by atoms with E-state index in [0.717, 1.165) is 36.3 Å². The van der Waals surface area contributed by atoms with E-state index < -0.39 is 0 Å². The molecule has 0 bridgehead atoms. The number of aromatic nitrogens is 6. The van der Waals surface area contributed by atoms with Crippen LogP contribution in [0, 0.1) is 5.82 Å². The molecule has 9 heteroatoms. The van der Waals surface area contributed by atoms with Crippen LogP contribution in [-0.4, -0.2) is 35.1 Å². The fraction of sp³-hybridized carbons (Fsp3) is 0.200. The first-order valence-corrected chi connectivity index (χ1v) is 10.2. The lowest BCUT2D eigenvalue weighted by Crippen LogP contribution is -2.02. The van der Waals surface area contributed by atoms with E-state index in [9.17, 15) is 9.50 Å². The highest BCUT2D eigenvalue weighted by Crippen LogP contribution is 2.31. The Balaban J connectivity index is 1.41. The second-order valence-electron chi connectivity index (χ2n) is 6.79. The van der Waals surface area contributed by atoms with Crippen LogP contribution in [0.15, 0.2) is 53.7 Å². The van der Waals surface area contributed by atoms with Gasteiger partial charge in [-0.15, -0.1) is 5.10 Å². The van der Waals surface area contributed by atoms with E-state index in [0.29, 0.717) is 10.9 Å². The summed E-state index contributed by atoms with van der Waals surface area (Å²) in [7, 11) is 0. The zero-order valence-corrected chi connectivity index (χ0v) is 16.2. The third kappa shape index (κ3) is 3.38. The molecule has 0 amide bonds. The van der Waals surface area contributed by atoms with Gasteiger partial charge in [-0.3, -0.25) is 0 Å². The maximum atomic E-state index is 13.3. The van der Waals surface area contributed by atoms with E-state index in [-0.39, 0.29) is 11.6 Å². The molecule has 7 nitrogen and oxygen atoms in total. The lowest BCUT2D eigenvalue weighted by atomic mass is 10.2. The fourth-order valence-corrected chi connectivity index (χ4v) is 4.44. The van der Waals surface area contributed by atoms with Crippen molar-refractivity contribution in [3.8, 4) is 17.1 Å². The van der Waals surface area contributed by atoms with Gasteiger partial charge in [-0.2, -0.15) is 9.78 Å². The van der Waals surface area contributed by atoms with Gasteiger partial charge in [-0.1, -0.05) is 11.8 Å². The molecule has 1 N–H and O–H groups in total. The zero-order chi connectivity index (χ0) is 19.8. The molecule has 4 aromatic rings. The summed E-state index contributed by atoms with van der Waals surface area (Å²) in [4.78, 5) is 0. The van der Waals surface area contributed by atoms with Gasteiger partial charge in [-0.05, 0) is 83.8 Å². The summed E-state index contributed by atoms with van der Waals surface area (Å²) in [5.74, 6) is 0.571. The third-order valence-corrected chi connectivity index (χ3v) is 5.89. The summed E-state index contributed by atoms with van der Waals surface area (Å²) >= 11 is 1.51. The van der Waals surface area contributed by atoms with E-state index in [1.807, 2.05) is 4.68 Å². The van der Waals surface area contributed by atoms with Crippen LogP contribution < -0.4 is 0 Å². The Kier molecular flexibility index (Phi) is 4.51. The number of hydrogen-bond acceptors (Lipinski definition) is 6. The highest BCUT2D eigenvalue weighted by molar-refractivity contribution is 7.98. The van der Waals surface area contributed by atoms with E-state index in [4.69, 9.17) is 5.10 Å². The molecule has 0 saturated carbocycles. The first kappa shape index (κ1) is 17.9. The number of aromatic hydroxyl groups is 1. The van der Waals surface area contributed by atoms with Crippen LogP contribution >= 0.6 is 11.8 Å². The number of nitrogens with zero attached hydrogens (tertiary/aromatic N) is 6. The average molecular weight is 408 g/mol. The number of benzene rings is 2. The van der Waals surface area contributed by atoms with Gasteiger partial charge >= 0.3 is 0 Å². The predicted molar refractivity (Wildman–Crippen MR) is 106 cm³/mol. The first-order valence-electron chi connectivity index (χ1n) is 9.25. The van der Waals surface area contributed by atoms with Crippen LogP contribution in [0.5, 0.6) is 5.75 Å². The van der Waals surface area contributed by atoms with Gasteiger partial charge in [0.05, 0.1) is 17.1 Å². The summed E-state index contributed by atoms with van der Waals surface area (Å²) < 4.78 is 16.9. The molecule has 1 aliphatic carbocycles. The highest BCUT2D eigenvalue weighted by Gasteiger charge is 2.23. The van der Waals surface area contributed by atoms with Gasteiger partial charge in [0.1, 0.15) is 11.6 Å². The van der Waals surface area contributed by atoms with Crippen LogP contribution in [-0.2, 0) is 18.6 Å². The van der Waals surface area contributed by atoms with Crippen LogP contribution in [0.1, 0.15) is 23.4 Å². The van der Waals surface area contributed by atoms with Gasteiger partial charge in [0, 0.05) is 11.4 Å². The van der Waals surface area contributed by atoms with E-state index in [1.54, 1.807) is 41.1 Å². The standard InChI is InChI=1S/C20H17FN6OS/c21-13-4-6-14(7-5-13)26-19-3-1-2-17(19)18(23-26)12-29-20-22-24-25-27(20)15-8-10-16(28)11-9-15/h4-11,28H,1-3,12H2. The minimum Gasteiger partial charge on any atom is -0.508 e. The SMILES string of the molecule is Oc1ccc(-n2nnnc2SCc2nn(-c3ccc(F)cc3)c3c2CCC3)cc1. The van der Waals surface area contributed by atoms with Crippen molar-refractivity contribution in [3.05, 3.63) is 71.3 Å². The first-order chi connectivity index (χ1) is 14.2. The van der Waals surface area contributed by atoms with Gasteiger partial charge < -0.3 is 5.11 Å². The number of fused-ring (bicyclic) bond motifs is 1. The molecule has 0 unspecified atom stereocenters. The molecule has 0 aliphatic heterocycles. The molecule has 2 heterocycles. The fourth-order valence-electron chi connectivity index (χ4n) is 3.58. The molecule has 2 aromatic heterocycles. The molecule has 29 heavy (non-hydrogen) atoms. The van der Waals surface area contributed by atoms with Crippen molar-refractivity contribution in [2.45, 2.75) is 30.2 Å². The maximum absolute atomic E-state index is 13.3. The Labute approximate surface area is 170 Å². The monoisotopic (exact) mass is 408 g/mol. The summed E-state index contributed by atoms with van der Waals surface area (Å²) in [6.07, 6.45) is 3.06. The number of halogens is 1. The Bertz CT molecular complexity index is 1150. The van der Waals surface area contributed by atoms with Crippen LogP contribution in [0.4, 0.5) is 4.39 Å². The molecule has 1 aliphatic rings. The zero-order valence-electron chi connectivity index (χ0n) is 15.4. The largest absolute Gasteiger partial charge is 0.508 e. The average Bonchev–Trinajstić information content (AvgIpc) is 3.45. The van der Waals surface area contributed by atoms with Crippen molar-refractivity contribution in [1.29, 1.82) is 0 Å². The lowest BCUT2D eigenvalue weighted by molar-refractivity contribution is 0.475. The maximum Gasteiger partial charge on any atom is 0.214 e. The Morgan fingerprint density at radius 1 is 0.966 bits per heavy atom. The van der Waals surface area contributed by atoms with E-state index in [2.05, 4.69) is 15.5 Å². The Morgan fingerprint density at radius 2 is 1.69 bits per heavy atom. The number of phenolic OH excluding ortho intramolecular Hbond substituents is 1. The van der Waals surface area contributed by atoms with E-state index >= 15 is 0 Å². The van der Waals surface area contributed by atoms with Crippen molar-refractivity contribution in [2.24, 2.45) is 0 Å². The van der Waals surface area contributed by atoms with Crippen LogP contribution in [0.3, 0.4) is 0 Å². The molecular weight excluding hydrogens is 391 g/mol. The Hall–Kier alpha value is -3.20. The minimum absolute atomic E-state index is 0.193. The number of rotatable bonds is 5. The van der Waals surface area contributed by atoms with Crippen molar-refractivity contribution < 1.29 is 9.50 Å². The number of tetrazole rings is 1. The molecule has 0 spiro atoms. The van der Waals surface area contributed by atoms with Gasteiger partial charge in [0.15, 0.2) is 0 Å². The van der Waals surface area contributed by atoms with Gasteiger partial charge in [0.2, 0.25) is 5.16 Å². The van der Waals surface area contributed by atoms with E-state index in [1.165, 1.54) is 35.2 Å². The molecule has 0 fully saturated rings. The Morgan fingerprint density at radius 3 is 2.48 bits per heavy atom. The van der Waals surface area contributed by atoms with Crippen LogP contribution in [0.2, 0.25) is 0 Å². The smallest absolute Gasteiger partial charge is 0.214 e. The molecule has 0 atom stereocenters. The number of thioether (sulfide) groups is 1. The number of hydrogen-bond donors (Lipinski definition) is 1. The third-order valence-electron chi connectivity index (χ3n) is 4.96. The second-order valence-corrected chi connectivity index (χ2v) is 7.73. The predicted octanol–water partition coefficient (Wildman–Crippen LogP) is 3.47. The topological polar surface area (TPSA) is 81.7 Å². The van der Waals surface area contributed by atoms with Crippen molar-refractivity contribution in [1.82, 2.24) is 30.0 Å². The molecule has 146 valence electrons. The van der Waals surface area contributed by atoms with Gasteiger partial charge in [0.25, 0.3) is 0 Å². The summed E-state index contributed by atoms with van der Waals surface area (Å²) in [5.41, 5.74) is 5.12. The lowest BCUT2D eigenvalue weighted by Gasteiger charge is -2.05. The summed E-state index contributed by atoms with van der Waals surface area (Å²) in [5, 5.41) is 26.9. The van der Waals surface area contributed by atoms with Crippen molar-refractivity contribution >= 4 is 11.8 Å². The molecular formula is C20H17FN6OS. The molecule has 0 radical (unpaired) electrons. The quantitative estimate of drug-likeness (QED) is 0.509. The second kappa shape index (κ2) is 7.32. The van der Waals surface area contributed by atoms with Gasteiger partial charge in [-0.25, -0.2) is 9.07 Å². The molecule has 2 aromatic carbocycles. The molecule has 0 saturated heterocycles. The van der Waals surface area contributed by atoms with Crippen LogP contribution in [0.25, 0.3) is 11.4 Å². The molecule has 5 rings (SSSR count). The summed E-state index contributed by atoms with van der Waals surface area (Å²) in [6.45, 7) is 0. The highest BCUT2D eigenvalue weighted by atomic mass is 32.2.